The van der Waals surface area contributed by atoms with E-state index in [1.165, 1.54) is 0 Å². The molecule has 0 aromatic heterocycles. The van der Waals surface area contributed by atoms with Crippen molar-refractivity contribution in [2.75, 3.05) is 37.6 Å². The van der Waals surface area contributed by atoms with Crippen molar-refractivity contribution < 1.29 is 24.3 Å². The summed E-state index contributed by atoms with van der Waals surface area (Å²) in [5.41, 5.74) is 6.64. The lowest BCUT2D eigenvalue weighted by molar-refractivity contribution is -0.384. The standard InChI is InChI=1S/C37H37Cl3N4O6/c38-37(39,40)36(46)41-22-26-2-1-3-30(20-26)27-8-10-29(11-9-27)35-49-33(21-34(50-35)28-6-4-25(24-45)5-7-28)23-42-16-18-43(19-17-42)31-12-14-32(15-13-31)44(47)48/h1-15,20,33-35,45H,16-19,21-24H2,(H,41,46). The van der Waals surface area contributed by atoms with Gasteiger partial charge in [0.05, 0.1) is 23.7 Å². The average Bonchev–Trinajstić information content (AvgIpc) is 3.14. The Labute approximate surface area is 305 Å². The molecular weight excluding hydrogens is 703 g/mol. The average molecular weight is 740 g/mol. The normalized spacial score (nSPS) is 20.0. The Hall–Kier alpha value is -3.74. The number of aliphatic hydroxyl groups excluding tert-OH is 1. The third-order valence-corrected chi connectivity index (χ3v) is 9.54. The van der Waals surface area contributed by atoms with Crippen LogP contribution in [-0.2, 0) is 27.4 Å². The number of halogens is 3. The highest BCUT2D eigenvalue weighted by Crippen LogP contribution is 2.39. The molecule has 0 bridgehead atoms. The van der Waals surface area contributed by atoms with Crippen LogP contribution in [0.3, 0.4) is 0 Å². The number of non-ortho nitro benzene ring substituents is 1. The first kappa shape index (κ1) is 36.1. The topological polar surface area (TPSA) is 117 Å². The van der Waals surface area contributed by atoms with Crippen LogP contribution in [0.1, 0.15) is 41.1 Å². The van der Waals surface area contributed by atoms with Gasteiger partial charge in [-0.1, -0.05) is 102 Å². The summed E-state index contributed by atoms with van der Waals surface area (Å²) in [6.07, 6.45) is -0.208. The summed E-state index contributed by atoms with van der Waals surface area (Å²) >= 11 is 17.0. The summed E-state index contributed by atoms with van der Waals surface area (Å²) in [6, 6.07) is 30.4. The monoisotopic (exact) mass is 738 g/mol. The number of benzene rings is 4. The molecule has 10 nitrogen and oxygen atoms in total. The highest BCUT2D eigenvalue weighted by atomic mass is 35.6. The lowest BCUT2D eigenvalue weighted by atomic mass is 9.98. The van der Waals surface area contributed by atoms with Crippen LogP contribution in [0, 0.1) is 10.1 Å². The smallest absolute Gasteiger partial charge is 0.272 e. The zero-order chi connectivity index (χ0) is 35.3. The summed E-state index contributed by atoms with van der Waals surface area (Å²) in [7, 11) is 0. The second-order valence-corrected chi connectivity index (χ2v) is 14.7. The first-order chi connectivity index (χ1) is 24.1. The number of alkyl halides is 3. The second kappa shape index (κ2) is 16.1. The number of piperazine rings is 1. The third kappa shape index (κ3) is 9.13. The molecule has 3 unspecified atom stereocenters. The number of hydrogen-bond acceptors (Lipinski definition) is 8. The van der Waals surface area contributed by atoms with Crippen LogP contribution in [0.2, 0.25) is 0 Å². The molecule has 2 saturated heterocycles. The van der Waals surface area contributed by atoms with E-state index < -0.39 is 16.0 Å². The maximum absolute atomic E-state index is 12.0. The highest BCUT2D eigenvalue weighted by molar-refractivity contribution is 6.76. The van der Waals surface area contributed by atoms with Gasteiger partial charge in [-0.2, -0.15) is 0 Å². The zero-order valence-electron chi connectivity index (χ0n) is 27.1. The number of anilines is 1. The predicted octanol–water partition coefficient (Wildman–Crippen LogP) is 7.11. The van der Waals surface area contributed by atoms with E-state index in [0.29, 0.717) is 6.42 Å². The van der Waals surface area contributed by atoms with Crippen LogP contribution < -0.4 is 10.2 Å². The number of rotatable bonds is 10. The van der Waals surface area contributed by atoms with Crippen LogP contribution in [0.15, 0.2) is 97.1 Å². The molecule has 4 aromatic carbocycles. The molecule has 4 aromatic rings. The summed E-state index contributed by atoms with van der Waals surface area (Å²) in [4.78, 5) is 27.3. The van der Waals surface area contributed by atoms with Crippen LogP contribution in [0.25, 0.3) is 11.1 Å². The van der Waals surface area contributed by atoms with Gasteiger partial charge >= 0.3 is 0 Å². The van der Waals surface area contributed by atoms with E-state index in [-0.39, 0.29) is 36.0 Å². The number of amides is 1. The minimum Gasteiger partial charge on any atom is -0.392 e. The third-order valence-electron chi connectivity index (χ3n) is 9.03. The Morgan fingerprint density at radius 2 is 1.54 bits per heavy atom. The summed E-state index contributed by atoms with van der Waals surface area (Å²) in [5, 5.41) is 23.3. The number of nitro benzene ring substituents is 1. The number of nitro groups is 1. The number of nitrogens with one attached hydrogen (secondary N) is 1. The molecule has 2 aliphatic heterocycles. The number of hydrogen-bond donors (Lipinski definition) is 2. The SMILES string of the molecule is O=C(NCc1cccc(-c2ccc(C3OC(CN4CCN(c5ccc([N+](=O)[O-])cc5)CC4)CC(c4ccc(CO)cc4)O3)cc2)c1)C(Cl)(Cl)Cl. The quantitative estimate of drug-likeness (QED) is 0.101. The molecule has 13 heteroatoms. The first-order valence-electron chi connectivity index (χ1n) is 16.3. The molecule has 2 aliphatic rings. The second-order valence-electron chi connectivity index (χ2n) is 12.4. The van der Waals surface area contributed by atoms with E-state index in [1.54, 1.807) is 12.1 Å². The molecule has 0 spiro atoms. The predicted molar refractivity (Wildman–Crippen MR) is 194 cm³/mol. The highest BCUT2D eigenvalue weighted by Gasteiger charge is 2.34. The largest absolute Gasteiger partial charge is 0.392 e. The van der Waals surface area contributed by atoms with E-state index in [2.05, 4.69) is 15.1 Å². The van der Waals surface area contributed by atoms with Gasteiger partial charge in [-0.25, -0.2) is 0 Å². The molecule has 262 valence electrons. The maximum atomic E-state index is 12.0. The van der Waals surface area contributed by atoms with E-state index >= 15 is 0 Å². The van der Waals surface area contributed by atoms with Gasteiger partial charge in [-0.05, 0) is 46.0 Å². The molecule has 2 fully saturated rings. The number of ether oxygens (including phenoxy) is 2. The van der Waals surface area contributed by atoms with E-state index in [0.717, 1.165) is 71.8 Å². The molecule has 6 rings (SSSR count). The van der Waals surface area contributed by atoms with Crippen LogP contribution in [0.4, 0.5) is 11.4 Å². The fraction of sp³-hybridized carbons (Fsp3) is 0.324. The van der Waals surface area contributed by atoms with E-state index in [4.69, 9.17) is 44.3 Å². The first-order valence-corrected chi connectivity index (χ1v) is 17.5. The minimum atomic E-state index is -2.02. The van der Waals surface area contributed by atoms with Crippen LogP contribution >= 0.6 is 34.8 Å². The summed E-state index contributed by atoms with van der Waals surface area (Å²) < 4.78 is 11.2. The van der Waals surface area contributed by atoms with Crippen molar-refractivity contribution in [3.05, 3.63) is 129 Å². The van der Waals surface area contributed by atoms with Crippen molar-refractivity contribution >= 4 is 52.1 Å². The maximum Gasteiger partial charge on any atom is 0.272 e. The Balaban J connectivity index is 1.13. The van der Waals surface area contributed by atoms with Crippen LogP contribution in [-0.4, -0.2) is 63.5 Å². The van der Waals surface area contributed by atoms with Crippen molar-refractivity contribution in [2.24, 2.45) is 0 Å². The van der Waals surface area contributed by atoms with Gasteiger partial charge in [0, 0.05) is 69.1 Å². The van der Waals surface area contributed by atoms with Gasteiger partial charge in [-0.3, -0.25) is 19.8 Å². The number of aliphatic hydroxyl groups is 1. The van der Waals surface area contributed by atoms with Gasteiger partial charge in [0.25, 0.3) is 15.4 Å². The Kier molecular flexibility index (Phi) is 11.6. The Morgan fingerprint density at radius 1 is 0.860 bits per heavy atom. The van der Waals surface area contributed by atoms with Crippen molar-refractivity contribution in [3.63, 3.8) is 0 Å². The van der Waals surface area contributed by atoms with E-state index in [1.807, 2.05) is 84.9 Å². The number of carbonyl (C=O) groups excluding carboxylic acids is 1. The molecule has 50 heavy (non-hydrogen) atoms. The van der Waals surface area contributed by atoms with Crippen molar-refractivity contribution in [1.29, 1.82) is 0 Å². The molecule has 1 amide bonds. The molecular formula is C37H37Cl3N4O6. The summed E-state index contributed by atoms with van der Waals surface area (Å²) in [5.74, 6) is -0.685. The molecule has 2 N–H and O–H groups in total. The van der Waals surface area contributed by atoms with Gasteiger partial charge in [0.2, 0.25) is 0 Å². The molecule has 2 heterocycles. The number of carbonyl (C=O) groups is 1. The van der Waals surface area contributed by atoms with Crippen molar-refractivity contribution in [1.82, 2.24) is 10.2 Å². The Bertz CT molecular complexity index is 1760. The minimum absolute atomic E-state index is 0.0229. The van der Waals surface area contributed by atoms with Gasteiger partial charge in [-0.15, -0.1) is 0 Å². The van der Waals surface area contributed by atoms with Gasteiger partial charge in [0.1, 0.15) is 0 Å². The fourth-order valence-electron chi connectivity index (χ4n) is 6.27. The molecule has 0 radical (unpaired) electrons. The molecule has 3 atom stereocenters. The van der Waals surface area contributed by atoms with E-state index in [9.17, 15) is 20.0 Å². The molecule has 0 saturated carbocycles. The van der Waals surface area contributed by atoms with Crippen molar-refractivity contribution in [3.8, 4) is 11.1 Å². The fourth-order valence-corrected chi connectivity index (χ4v) is 6.47. The molecule has 0 aliphatic carbocycles. The lowest BCUT2D eigenvalue weighted by Gasteiger charge is -2.41. The number of nitrogens with zero attached hydrogens (tertiary/aromatic N) is 3. The van der Waals surface area contributed by atoms with Gasteiger partial charge in [0.15, 0.2) is 6.29 Å². The van der Waals surface area contributed by atoms with Crippen molar-refractivity contribution in [2.45, 2.75) is 41.9 Å². The van der Waals surface area contributed by atoms with Crippen LogP contribution in [0.5, 0.6) is 0 Å². The Morgan fingerprint density at radius 3 is 2.18 bits per heavy atom. The lowest BCUT2D eigenvalue weighted by Crippen LogP contribution is -2.49. The zero-order valence-corrected chi connectivity index (χ0v) is 29.4. The van der Waals surface area contributed by atoms with Gasteiger partial charge < -0.3 is 24.8 Å². The summed E-state index contributed by atoms with van der Waals surface area (Å²) in [6.45, 7) is 4.21.